The van der Waals surface area contributed by atoms with Crippen LogP contribution in [-0.4, -0.2) is 11.0 Å². The molecule has 2 unspecified atom stereocenters. The van der Waals surface area contributed by atoms with Crippen molar-refractivity contribution >= 4 is 5.69 Å². The lowest BCUT2D eigenvalue weighted by atomic mass is 9.87. The number of halogens is 1. The molecular formula is C14H19FN2O2. The van der Waals surface area contributed by atoms with Crippen LogP contribution in [0.15, 0.2) is 18.2 Å². The van der Waals surface area contributed by atoms with Crippen LogP contribution in [0.2, 0.25) is 0 Å². The summed E-state index contributed by atoms with van der Waals surface area (Å²) in [5.41, 5.74) is 0.443. The summed E-state index contributed by atoms with van der Waals surface area (Å²) in [4.78, 5) is 10.1. The van der Waals surface area contributed by atoms with E-state index in [0.29, 0.717) is 24.1 Å². The van der Waals surface area contributed by atoms with Crippen molar-refractivity contribution in [3.05, 3.63) is 39.7 Å². The molecule has 1 N–H and O–H groups in total. The molecule has 0 saturated heterocycles. The first-order valence-corrected chi connectivity index (χ1v) is 6.72. The number of benzene rings is 1. The zero-order chi connectivity index (χ0) is 13.8. The Kier molecular flexibility index (Phi) is 4.47. The minimum Gasteiger partial charge on any atom is -0.310 e. The van der Waals surface area contributed by atoms with Gasteiger partial charge < -0.3 is 5.32 Å². The van der Waals surface area contributed by atoms with E-state index in [2.05, 4.69) is 12.2 Å². The Morgan fingerprint density at radius 3 is 2.89 bits per heavy atom. The molecule has 0 spiro atoms. The van der Waals surface area contributed by atoms with E-state index in [0.717, 1.165) is 18.9 Å². The van der Waals surface area contributed by atoms with Crippen LogP contribution in [0.25, 0.3) is 0 Å². The van der Waals surface area contributed by atoms with Gasteiger partial charge in [0.1, 0.15) is 5.82 Å². The molecule has 4 nitrogen and oxygen atoms in total. The van der Waals surface area contributed by atoms with Gasteiger partial charge in [0, 0.05) is 18.7 Å². The Labute approximate surface area is 112 Å². The third kappa shape index (κ3) is 3.99. The summed E-state index contributed by atoms with van der Waals surface area (Å²) < 4.78 is 13.3. The molecule has 1 aromatic rings. The van der Waals surface area contributed by atoms with Crippen molar-refractivity contribution in [2.24, 2.45) is 5.92 Å². The van der Waals surface area contributed by atoms with E-state index < -0.39 is 10.7 Å². The summed E-state index contributed by atoms with van der Waals surface area (Å²) in [6.45, 7) is 2.72. The number of hydrogen-bond donors (Lipinski definition) is 1. The Bertz CT molecular complexity index is 465. The van der Waals surface area contributed by atoms with Gasteiger partial charge >= 0.3 is 0 Å². The normalized spacial score (nSPS) is 23.3. The van der Waals surface area contributed by atoms with Crippen LogP contribution in [-0.2, 0) is 6.54 Å². The van der Waals surface area contributed by atoms with E-state index in [-0.39, 0.29) is 5.69 Å². The quantitative estimate of drug-likeness (QED) is 0.671. The predicted octanol–water partition coefficient (Wildman–Crippen LogP) is 3.40. The van der Waals surface area contributed by atoms with Crippen molar-refractivity contribution in [3.63, 3.8) is 0 Å². The van der Waals surface area contributed by atoms with Crippen LogP contribution < -0.4 is 5.32 Å². The Morgan fingerprint density at radius 2 is 2.21 bits per heavy atom. The molecule has 0 amide bonds. The van der Waals surface area contributed by atoms with Crippen molar-refractivity contribution in [1.29, 1.82) is 0 Å². The fourth-order valence-corrected chi connectivity index (χ4v) is 2.72. The fourth-order valence-electron chi connectivity index (χ4n) is 2.72. The molecule has 0 aliphatic heterocycles. The maximum atomic E-state index is 13.3. The Hall–Kier alpha value is -1.49. The lowest BCUT2D eigenvalue weighted by Crippen LogP contribution is -2.33. The van der Waals surface area contributed by atoms with Crippen LogP contribution >= 0.6 is 0 Å². The zero-order valence-corrected chi connectivity index (χ0v) is 11.1. The monoisotopic (exact) mass is 266 g/mol. The first-order chi connectivity index (χ1) is 9.04. The maximum absolute atomic E-state index is 13.3. The van der Waals surface area contributed by atoms with Crippen LogP contribution in [0.3, 0.4) is 0 Å². The summed E-state index contributed by atoms with van der Waals surface area (Å²) in [6, 6.07) is 4.17. The smallest absolute Gasteiger partial charge is 0.272 e. The highest BCUT2D eigenvalue weighted by Crippen LogP contribution is 2.24. The molecule has 0 aromatic heterocycles. The van der Waals surface area contributed by atoms with Crippen LogP contribution in [0.1, 0.15) is 38.2 Å². The van der Waals surface area contributed by atoms with Gasteiger partial charge in [0.25, 0.3) is 5.69 Å². The molecule has 1 aliphatic carbocycles. The van der Waals surface area contributed by atoms with Crippen molar-refractivity contribution in [1.82, 2.24) is 5.32 Å². The van der Waals surface area contributed by atoms with E-state index in [4.69, 9.17) is 0 Å². The lowest BCUT2D eigenvalue weighted by Gasteiger charge is -2.27. The molecule has 104 valence electrons. The molecular weight excluding hydrogens is 247 g/mol. The topological polar surface area (TPSA) is 55.2 Å². The maximum Gasteiger partial charge on any atom is 0.272 e. The van der Waals surface area contributed by atoms with Crippen LogP contribution in [0.4, 0.5) is 10.1 Å². The number of nitrogens with one attached hydrogen (secondary N) is 1. The van der Waals surface area contributed by atoms with Crippen LogP contribution in [0, 0.1) is 21.8 Å². The first kappa shape index (κ1) is 13.9. The van der Waals surface area contributed by atoms with E-state index >= 15 is 0 Å². The Balaban J connectivity index is 1.97. The van der Waals surface area contributed by atoms with Crippen LogP contribution in [0.5, 0.6) is 0 Å². The zero-order valence-electron chi connectivity index (χ0n) is 11.1. The second kappa shape index (κ2) is 6.10. The van der Waals surface area contributed by atoms with Gasteiger partial charge in [-0.05, 0) is 30.4 Å². The van der Waals surface area contributed by atoms with Gasteiger partial charge in [0.15, 0.2) is 0 Å². The number of hydrogen-bond acceptors (Lipinski definition) is 3. The largest absolute Gasteiger partial charge is 0.310 e. The van der Waals surface area contributed by atoms with Gasteiger partial charge in [-0.2, -0.15) is 0 Å². The molecule has 1 aliphatic rings. The lowest BCUT2D eigenvalue weighted by molar-refractivity contribution is -0.385. The van der Waals surface area contributed by atoms with E-state index in [1.807, 2.05) is 0 Å². The second-order valence-corrected chi connectivity index (χ2v) is 5.42. The average molecular weight is 266 g/mol. The predicted molar refractivity (Wildman–Crippen MR) is 71.3 cm³/mol. The highest BCUT2D eigenvalue weighted by molar-refractivity contribution is 5.35. The van der Waals surface area contributed by atoms with Gasteiger partial charge in [-0.1, -0.05) is 19.8 Å². The van der Waals surface area contributed by atoms with E-state index in [1.54, 1.807) is 0 Å². The SMILES string of the molecule is CC1CCCC(NCc2cc(F)cc([N+](=O)[O-])c2)C1. The fraction of sp³-hybridized carbons (Fsp3) is 0.571. The molecule has 0 heterocycles. The third-order valence-electron chi connectivity index (χ3n) is 3.68. The molecule has 5 heteroatoms. The molecule has 1 saturated carbocycles. The van der Waals surface area contributed by atoms with E-state index in [1.165, 1.54) is 25.0 Å². The van der Waals surface area contributed by atoms with Gasteiger partial charge in [0.2, 0.25) is 0 Å². The number of non-ortho nitro benzene ring substituents is 1. The molecule has 2 rings (SSSR count). The number of rotatable bonds is 4. The number of nitro benzene ring substituents is 1. The molecule has 1 fully saturated rings. The summed E-state index contributed by atoms with van der Waals surface area (Å²) in [6.07, 6.45) is 4.73. The van der Waals surface area contributed by atoms with E-state index in [9.17, 15) is 14.5 Å². The Morgan fingerprint density at radius 1 is 1.42 bits per heavy atom. The van der Waals surface area contributed by atoms with Gasteiger partial charge in [-0.25, -0.2) is 4.39 Å². The minimum atomic E-state index is -0.560. The van der Waals surface area contributed by atoms with Crippen molar-refractivity contribution in [3.8, 4) is 0 Å². The standard InChI is InChI=1S/C14H19FN2O2/c1-10-3-2-4-13(5-10)16-9-11-6-12(15)8-14(7-11)17(18)19/h6-8,10,13,16H,2-5,9H2,1H3. The second-order valence-electron chi connectivity index (χ2n) is 5.42. The van der Waals surface area contributed by atoms with Crippen molar-refractivity contribution in [2.45, 2.75) is 45.2 Å². The summed E-state index contributed by atoms with van der Waals surface area (Å²) in [5, 5.41) is 14.0. The van der Waals surface area contributed by atoms with Crippen molar-refractivity contribution in [2.75, 3.05) is 0 Å². The molecule has 19 heavy (non-hydrogen) atoms. The highest BCUT2D eigenvalue weighted by Gasteiger charge is 2.18. The molecule has 0 bridgehead atoms. The molecule has 0 radical (unpaired) electrons. The first-order valence-electron chi connectivity index (χ1n) is 6.72. The summed E-state index contributed by atoms with van der Waals surface area (Å²) in [5.74, 6) is 0.163. The molecule has 2 atom stereocenters. The highest BCUT2D eigenvalue weighted by atomic mass is 19.1. The number of nitrogens with zero attached hydrogens (tertiary/aromatic N) is 1. The summed E-state index contributed by atoms with van der Waals surface area (Å²) in [7, 11) is 0. The molecule has 1 aromatic carbocycles. The van der Waals surface area contributed by atoms with Crippen molar-refractivity contribution < 1.29 is 9.31 Å². The third-order valence-corrected chi connectivity index (χ3v) is 3.68. The van der Waals surface area contributed by atoms with Gasteiger partial charge in [-0.3, -0.25) is 10.1 Å². The summed E-state index contributed by atoms with van der Waals surface area (Å²) >= 11 is 0. The van der Waals surface area contributed by atoms with Gasteiger partial charge in [-0.15, -0.1) is 0 Å². The average Bonchev–Trinajstić information content (AvgIpc) is 2.36. The minimum absolute atomic E-state index is 0.186. The van der Waals surface area contributed by atoms with Gasteiger partial charge in [0.05, 0.1) is 11.0 Å². The number of nitro groups is 1.